The van der Waals surface area contributed by atoms with Crippen molar-refractivity contribution in [3.8, 4) is 17.4 Å². The van der Waals surface area contributed by atoms with Crippen LogP contribution < -0.4 is 16.8 Å². The first kappa shape index (κ1) is 20.3. The number of benzene rings is 1. The molecule has 0 bridgehead atoms. The van der Waals surface area contributed by atoms with E-state index in [2.05, 4.69) is 16.4 Å². The second-order valence-electron chi connectivity index (χ2n) is 7.80. The van der Waals surface area contributed by atoms with Crippen molar-refractivity contribution in [2.24, 2.45) is 11.7 Å². The second-order valence-corrected chi connectivity index (χ2v) is 8.80. The first-order valence-electron chi connectivity index (χ1n) is 10.3. The highest BCUT2D eigenvalue weighted by Crippen LogP contribution is 2.44. The second kappa shape index (κ2) is 8.15. The number of nitriles is 1. The summed E-state index contributed by atoms with van der Waals surface area (Å²) in [4.78, 5) is 17.4. The van der Waals surface area contributed by atoms with Crippen LogP contribution in [0.15, 0.2) is 34.7 Å². The molecule has 9 heteroatoms. The van der Waals surface area contributed by atoms with Gasteiger partial charge in [-0.1, -0.05) is 18.2 Å². The third-order valence-electron chi connectivity index (χ3n) is 5.78. The van der Waals surface area contributed by atoms with E-state index in [0.717, 1.165) is 42.8 Å². The molecule has 1 aromatic carbocycles. The molecule has 1 saturated heterocycles. The Morgan fingerprint density at radius 3 is 2.81 bits per heavy atom. The Hall–Kier alpha value is -3.61. The first-order valence-corrected chi connectivity index (χ1v) is 11.1. The van der Waals surface area contributed by atoms with Crippen molar-refractivity contribution in [3.63, 3.8) is 0 Å². The van der Waals surface area contributed by atoms with Crippen LogP contribution in [0.4, 0.5) is 11.5 Å². The fourth-order valence-corrected chi connectivity index (χ4v) is 5.07. The van der Waals surface area contributed by atoms with Crippen molar-refractivity contribution in [2.75, 3.05) is 30.8 Å². The maximum Gasteiger partial charge on any atom is 0.260 e. The van der Waals surface area contributed by atoms with Gasteiger partial charge in [-0.25, -0.2) is 4.98 Å². The van der Waals surface area contributed by atoms with Gasteiger partial charge in [0, 0.05) is 30.5 Å². The molecule has 0 spiro atoms. The van der Waals surface area contributed by atoms with Gasteiger partial charge in [0.15, 0.2) is 0 Å². The Morgan fingerprint density at radius 1 is 1.31 bits per heavy atom. The number of anilines is 2. The highest BCUT2D eigenvalue weighted by molar-refractivity contribution is 7.21. The number of thiophene rings is 1. The van der Waals surface area contributed by atoms with Crippen LogP contribution in [0.5, 0.6) is 0 Å². The van der Waals surface area contributed by atoms with Gasteiger partial charge in [-0.3, -0.25) is 4.79 Å². The number of nitrogens with one attached hydrogen (secondary N) is 1. The lowest BCUT2D eigenvalue weighted by Gasteiger charge is -2.22. The van der Waals surface area contributed by atoms with Crippen LogP contribution in [0.2, 0.25) is 0 Å². The molecule has 0 saturated carbocycles. The highest BCUT2D eigenvalue weighted by Gasteiger charge is 2.26. The third-order valence-corrected chi connectivity index (χ3v) is 6.90. The number of carbonyl (C=O) groups excluding carboxylic acids is 1. The lowest BCUT2D eigenvalue weighted by atomic mass is 9.99. The van der Waals surface area contributed by atoms with E-state index in [9.17, 15) is 10.1 Å². The van der Waals surface area contributed by atoms with Crippen molar-refractivity contribution in [1.29, 1.82) is 5.26 Å². The predicted molar refractivity (Wildman–Crippen MR) is 125 cm³/mol. The summed E-state index contributed by atoms with van der Waals surface area (Å²) < 4.78 is 11.5. The Bertz CT molecular complexity index is 1350. The molecule has 32 heavy (non-hydrogen) atoms. The van der Waals surface area contributed by atoms with Gasteiger partial charge in [-0.2, -0.15) is 5.26 Å². The Morgan fingerprint density at radius 2 is 2.09 bits per heavy atom. The van der Waals surface area contributed by atoms with Gasteiger partial charge in [-0.15, -0.1) is 11.3 Å². The zero-order chi connectivity index (χ0) is 22.2. The first-order chi connectivity index (χ1) is 15.6. The molecule has 4 aromatic rings. The minimum Gasteiger partial charge on any atom is -0.456 e. The number of pyridine rings is 1. The molecule has 1 amide bonds. The normalized spacial score (nSPS) is 14.6. The number of nitrogens with zero attached hydrogens (tertiary/aromatic N) is 2. The number of furan rings is 1. The topological polar surface area (TPSA) is 140 Å². The molecule has 8 nitrogen and oxygen atoms in total. The summed E-state index contributed by atoms with van der Waals surface area (Å²) in [5.74, 6) is 0.734. The monoisotopic (exact) mass is 447 g/mol. The molecule has 1 aliphatic heterocycles. The van der Waals surface area contributed by atoms with Crippen molar-refractivity contribution in [1.82, 2.24) is 4.98 Å². The van der Waals surface area contributed by atoms with Crippen molar-refractivity contribution >= 4 is 49.9 Å². The fourth-order valence-electron chi connectivity index (χ4n) is 4.12. The van der Waals surface area contributed by atoms with Gasteiger partial charge < -0.3 is 25.9 Å². The van der Waals surface area contributed by atoms with Crippen LogP contribution in [0.3, 0.4) is 0 Å². The lowest BCUT2D eigenvalue weighted by Crippen LogP contribution is -2.23. The van der Waals surface area contributed by atoms with E-state index >= 15 is 0 Å². The molecular formula is C23H21N5O3S. The Kier molecular flexibility index (Phi) is 5.17. The fraction of sp³-hybridized carbons (Fsp3) is 0.261. The summed E-state index contributed by atoms with van der Waals surface area (Å²) in [5, 5.41) is 14.9. The summed E-state index contributed by atoms with van der Waals surface area (Å²) in [6.45, 7) is 2.13. The van der Waals surface area contributed by atoms with Crippen molar-refractivity contribution in [2.45, 2.75) is 12.8 Å². The lowest BCUT2D eigenvalue weighted by molar-refractivity contribution is 0.0699. The van der Waals surface area contributed by atoms with E-state index in [-0.39, 0.29) is 10.6 Å². The molecule has 1 aliphatic rings. The molecule has 5 rings (SSSR count). The van der Waals surface area contributed by atoms with Gasteiger partial charge in [0.1, 0.15) is 38.5 Å². The largest absolute Gasteiger partial charge is 0.456 e. The van der Waals surface area contributed by atoms with E-state index in [1.54, 1.807) is 0 Å². The molecule has 4 heterocycles. The molecule has 0 radical (unpaired) electrons. The number of nitrogens with two attached hydrogens (primary N) is 2. The number of para-hydroxylation sites is 1. The molecule has 1 fully saturated rings. The maximum atomic E-state index is 12.0. The van der Waals surface area contributed by atoms with Crippen molar-refractivity contribution < 1.29 is 13.9 Å². The molecule has 0 aliphatic carbocycles. The van der Waals surface area contributed by atoms with Gasteiger partial charge in [0.25, 0.3) is 5.91 Å². The van der Waals surface area contributed by atoms with Crippen molar-refractivity contribution in [3.05, 3.63) is 40.8 Å². The van der Waals surface area contributed by atoms with Crippen LogP contribution in [0.1, 0.15) is 28.1 Å². The van der Waals surface area contributed by atoms with Gasteiger partial charge in [0.2, 0.25) is 0 Å². The average molecular weight is 448 g/mol. The quantitative estimate of drug-likeness (QED) is 0.418. The molecular weight excluding hydrogens is 426 g/mol. The van der Waals surface area contributed by atoms with Crippen LogP contribution >= 0.6 is 11.3 Å². The molecule has 3 aromatic heterocycles. The van der Waals surface area contributed by atoms with Crippen LogP contribution in [0.25, 0.3) is 32.5 Å². The number of rotatable bonds is 5. The Labute approximate surface area is 187 Å². The van der Waals surface area contributed by atoms with E-state index in [1.165, 1.54) is 0 Å². The smallest absolute Gasteiger partial charge is 0.260 e. The number of hydrogen-bond acceptors (Lipinski definition) is 8. The minimum absolute atomic E-state index is 0.216. The van der Waals surface area contributed by atoms with E-state index in [4.69, 9.17) is 20.6 Å². The summed E-state index contributed by atoms with van der Waals surface area (Å²) >= 11 is 1.12. The van der Waals surface area contributed by atoms with Gasteiger partial charge in [-0.05, 0) is 30.9 Å². The zero-order valence-electron chi connectivity index (χ0n) is 17.2. The Balaban J connectivity index is 1.71. The standard InChI is InChI=1S/C23H21N5O3S/c24-10-14-17(16-9-13-3-1-2-4-15(13)31-16)18-19(25)20(21(26)29)32-23(18)28-22(14)27-11-12-5-7-30-8-6-12/h1-4,9,12H,5-8,11,25H2,(H2,26,29)(H,27,28). The summed E-state index contributed by atoms with van der Waals surface area (Å²) in [5.41, 5.74) is 13.6. The SMILES string of the molecule is N#Cc1c(NCC2CCOCC2)nc2sc(C(N)=O)c(N)c2c1-c1cc2ccccc2o1. The van der Waals surface area contributed by atoms with Gasteiger partial charge in [0.05, 0.1) is 11.3 Å². The number of amides is 1. The van der Waals surface area contributed by atoms with Crippen LogP contribution in [0, 0.1) is 17.2 Å². The number of aromatic nitrogens is 1. The number of carbonyl (C=O) groups is 1. The maximum absolute atomic E-state index is 12.0. The number of hydrogen-bond donors (Lipinski definition) is 3. The molecule has 162 valence electrons. The van der Waals surface area contributed by atoms with Crippen LogP contribution in [-0.2, 0) is 4.74 Å². The van der Waals surface area contributed by atoms with E-state index < -0.39 is 5.91 Å². The third kappa shape index (κ3) is 3.43. The molecule has 0 unspecified atom stereocenters. The number of fused-ring (bicyclic) bond motifs is 2. The van der Waals surface area contributed by atoms with E-state index in [0.29, 0.717) is 51.0 Å². The number of primary amides is 1. The summed E-state index contributed by atoms with van der Waals surface area (Å²) in [7, 11) is 0. The predicted octanol–water partition coefficient (Wildman–Crippen LogP) is 4.10. The molecule has 5 N–H and O–H groups in total. The van der Waals surface area contributed by atoms with E-state index in [1.807, 2.05) is 30.3 Å². The molecule has 0 atom stereocenters. The average Bonchev–Trinajstić information content (AvgIpc) is 3.38. The van der Waals surface area contributed by atoms with Gasteiger partial charge >= 0.3 is 0 Å². The summed E-state index contributed by atoms with van der Waals surface area (Å²) in [6, 6.07) is 11.7. The number of ether oxygens (including phenoxy) is 1. The van der Waals surface area contributed by atoms with Crippen LogP contribution in [-0.4, -0.2) is 30.6 Å². The minimum atomic E-state index is -0.628. The zero-order valence-corrected chi connectivity index (χ0v) is 18.0. The number of nitrogen functional groups attached to an aromatic ring is 1. The summed E-state index contributed by atoms with van der Waals surface area (Å²) in [6.07, 6.45) is 1.90. The highest BCUT2D eigenvalue weighted by atomic mass is 32.1.